The van der Waals surface area contributed by atoms with Crippen LogP contribution in [0.2, 0.25) is 0 Å². The van der Waals surface area contributed by atoms with Gasteiger partial charge in [-0.05, 0) is 61.7 Å². The maximum Gasteiger partial charge on any atom is 0.274 e. The molecule has 0 saturated heterocycles. The molecule has 2 aromatic carbocycles. The number of anilines is 2. The predicted molar refractivity (Wildman–Crippen MR) is 111 cm³/mol. The molecule has 4 nitrogen and oxygen atoms in total. The SMILES string of the molecule is CCN(Cc1ccccc1)c1ccc(C(=O)Nc2ccc(C)c(C)c2)nc1. The average molecular weight is 359 g/mol. The Kier molecular flexibility index (Phi) is 5.87. The summed E-state index contributed by atoms with van der Waals surface area (Å²) in [5.41, 5.74) is 5.80. The molecule has 0 bridgehead atoms. The van der Waals surface area contributed by atoms with Gasteiger partial charge in [-0.25, -0.2) is 4.98 Å². The van der Waals surface area contributed by atoms with E-state index in [9.17, 15) is 4.79 Å². The summed E-state index contributed by atoms with van der Waals surface area (Å²) in [4.78, 5) is 19.1. The van der Waals surface area contributed by atoms with Crippen molar-refractivity contribution >= 4 is 17.3 Å². The molecule has 138 valence electrons. The molecule has 3 aromatic rings. The van der Waals surface area contributed by atoms with E-state index in [1.165, 1.54) is 11.1 Å². The first-order valence-electron chi connectivity index (χ1n) is 9.20. The number of carbonyl (C=O) groups is 1. The molecule has 0 aliphatic carbocycles. The first-order valence-corrected chi connectivity index (χ1v) is 9.20. The minimum atomic E-state index is -0.198. The van der Waals surface area contributed by atoms with Crippen LogP contribution in [0.4, 0.5) is 11.4 Å². The highest BCUT2D eigenvalue weighted by Gasteiger charge is 2.11. The van der Waals surface area contributed by atoms with Crippen molar-refractivity contribution in [1.82, 2.24) is 4.98 Å². The molecule has 0 aliphatic heterocycles. The van der Waals surface area contributed by atoms with Crippen molar-refractivity contribution in [2.24, 2.45) is 0 Å². The molecular formula is C23H25N3O. The van der Waals surface area contributed by atoms with Gasteiger partial charge < -0.3 is 10.2 Å². The summed E-state index contributed by atoms with van der Waals surface area (Å²) in [5, 5.41) is 2.91. The first kappa shape index (κ1) is 18.6. The largest absolute Gasteiger partial charge is 0.366 e. The number of hydrogen-bond acceptors (Lipinski definition) is 3. The van der Waals surface area contributed by atoms with Crippen molar-refractivity contribution in [2.75, 3.05) is 16.8 Å². The van der Waals surface area contributed by atoms with Gasteiger partial charge in [-0.2, -0.15) is 0 Å². The van der Waals surface area contributed by atoms with E-state index in [1.807, 2.05) is 49.4 Å². The van der Waals surface area contributed by atoms with Gasteiger partial charge in [-0.1, -0.05) is 36.4 Å². The fraction of sp³-hybridized carbons (Fsp3) is 0.217. The molecule has 0 aliphatic rings. The van der Waals surface area contributed by atoms with Crippen LogP contribution in [0.1, 0.15) is 34.1 Å². The van der Waals surface area contributed by atoms with E-state index in [0.29, 0.717) is 5.69 Å². The molecule has 0 unspecified atom stereocenters. The summed E-state index contributed by atoms with van der Waals surface area (Å²) in [6.07, 6.45) is 1.77. The average Bonchev–Trinajstić information content (AvgIpc) is 2.70. The van der Waals surface area contributed by atoms with E-state index < -0.39 is 0 Å². The third-order valence-electron chi connectivity index (χ3n) is 4.71. The van der Waals surface area contributed by atoms with Gasteiger partial charge in [0, 0.05) is 18.8 Å². The van der Waals surface area contributed by atoms with Gasteiger partial charge in [-0.3, -0.25) is 4.79 Å². The van der Waals surface area contributed by atoms with Gasteiger partial charge in [0.15, 0.2) is 0 Å². The molecule has 1 N–H and O–H groups in total. The summed E-state index contributed by atoms with van der Waals surface area (Å²) < 4.78 is 0. The lowest BCUT2D eigenvalue weighted by Gasteiger charge is -2.23. The van der Waals surface area contributed by atoms with Gasteiger partial charge >= 0.3 is 0 Å². The zero-order valence-corrected chi connectivity index (χ0v) is 16.1. The van der Waals surface area contributed by atoms with Crippen molar-refractivity contribution in [3.8, 4) is 0 Å². The number of aryl methyl sites for hydroxylation is 2. The third kappa shape index (κ3) is 4.73. The summed E-state index contributed by atoms with van der Waals surface area (Å²) in [7, 11) is 0. The van der Waals surface area contributed by atoms with Gasteiger partial charge in [0.25, 0.3) is 5.91 Å². The van der Waals surface area contributed by atoms with E-state index in [0.717, 1.165) is 30.0 Å². The zero-order chi connectivity index (χ0) is 19.2. The van der Waals surface area contributed by atoms with Gasteiger partial charge in [0.1, 0.15) is 5.69 Å². The van der Waals surface area contributed by atoms with Crippen molar-refractivity contribution in [2.45, 2.75) is 27.3 Å². The Morgan fingerprint density at radius 3 is 2.41 bits per heavy atom. The fourth-order valence-corrected chi connectivity index (χ4v) is 2.91. The Hall–Kier alpha value is -3.14. The number of aromatic nitrogens is 1. The summed E-state index contributed by atoms with van der Waals surface area (Å²) in [5.74, 6) is -0.198. The smallest absolute Gasteiger partial charge is 0.274 e. The number of rotatable bonds is 6. The molecule has 0 atom stereocenters. The summed E-state index contributed by atoms with van der Waals surface area (Å²) in [6.45, 7) is 7.88. The molecule has 0 spiro atoms. The molecule has 1 aromatic heterocycles. The number of hydrogen-bond donors (Lipinski definition) is 1. The Labute approximate surface area is 160 Å². The minimum absolute atomic E-state index is 0.198. The molecule has 4 heteroatoms. The summed E-state index contributed by atoms with van der Waals surface area (Å²) >= 11 is 0. The molecular weight excluding hydrogens is 334 g/mol. The second-order valence-corrected chi connectivity index (χ2v) is 6.65. The molecule has 0 fully saturated rings. The molecule has 27 heavy (non-hydrogen) atoms. The van der Waals surface area contributed by atoms with Crippen molar-refractivity contribution in [1.29, 1.82) is 0 Å². The lowest BCUT2D eigenvalue weighted by Crippen LogP contribution is -2.22. The number of nitrogens with one attached hydrogen (secondary N) is 1. The molecule has 1 amide bonds. The van der Waals surface area contributed by atoms with Crippen LogP contribution < -0.4 is 10.2 Å². The highest BCUT2D eigenvalue weighted by atomic mass is 16.1. The Morgan fingerprint density at radius 2 is 1.78 bits per heavy atom. The van der Waals surface area contributed by atoms with Crippen LogP contribution in [0.15, 0.2) is 66.9 Å². The van der Waals surface area contributed by atoms with Crippen LogP contribution in [-0.2, 0) is 6.54 Å². The van der Waals surface area contributed by atoms with Gasteiger partial charge in [0.05, 0.1) is 11.9 Å². The van der Waals surface area contributed by atoms with Crippen LogP contribution in [0.3, 0.4) is 0 Å². The lowest BCUT2D eigenvalue weighted by molar-refractivity contribution is 0.102. The van der Waals surface area contributed by atoms with E-state index in [1.54, 1.807) is 12.3 Å². The van der Waals surface area contributed by atoms with E-state index in [-0.39, 0.29) is 5.91 Å². The van der Waals surface area contributed by atoms with Crippen molar-refractivity contribution in [3.63, 3.8) is 0 Å². The fourth-order valence-electron chi connectivity index (χ4n) is 2.91. The normalized spacial score (nSPS) is 10.5. The number of benzene rings is 2. The van der Waals surface area contributed by atoms with Gasteiger partial charge in [0.2, 0.25) is 0 Å². The van der Waals surface area contributed by atoms with E-state index in [4.69, 9.17) is 0 Å². The maximum atomic E-state index is 12.5. The van der Waals surface area contributed by atoms with E-state index in [2.05, 4.69) is 41.2 Å². The first-order chi connectivity index (χ1) is 13.1. The topological polar surface area (TPSA) is 45.2 Å². The molecule has 0 saturated carbocycles. The highest BCUT2D eigenvalue weighted by molar-refractivity contribution is 6.03. The molecule has 0 radical (unpaired) electrons. The Bertz CT molecular complexity index is 905. The molecule has 1 heterocycles. The maximum absolute atomic E-state index is 12.5. The Balaban J connectivity index is 1.69. The standard InChI is InChI=1S/C23H25N3O/c1-4-26(16-19-8-6-5-7-9-19)21-12-13-22(24-15-21)23(27)25-20-11-10-17(2)18(3)14-20/h5-15H,4,16H2,1-3H3,(H,25,27). The predicted octanol–water partition coefficient (Wildman–Crippen LogP) is 4.98. The third-order valence-corrected chi connectivity index (χ3v) is 4.71. The monoisotopic (exact) mass is 359 g/mol. The second kappa shape index (κ2) is 8.49. The number of carbonyl (C=O) groups excluding carboxylic acids is 1. The Morgan fingerprint density at radius 1 is 1.00 bits per heavy atom. The van der Waals surface area contributed by atoms with Crippen LogP contribution in [0.25, 0.3) is 0 Å². The van der Waals surface area contributed by atoms with Crippen LogP contribution in [-0.4, -0.2) is 17.4 Å². The van der Waals surface area contributed by atoms with Crippen molar-refractivity contribution in [3.05, 3.63) is 89.2 Å². The number of pyridine rings is 1. The van der Waals surface area contributed by atoms with Crippen molar-refractivity contribution < 1.29 is 4.79 Å². The summed E-state index contributed by atoms with van der Waals surface area (Å²) in [6, 6.07) is 19.9. The number of nitrogens with zero attached hydrogens (tertiary/aromatic N) is 2. The minimum Gasteiger partial charge on any atom is -0.366 e. The number of amides is 1. The van der Waals surface area contributed by atoms with Gasteiger partial charge in [-0.15, -0.1) is 0 Å². The quantitative estimate of drug-likeness (QED) is 0.675. The second-order valence-electron chi connectivity index (χ2n) is 6.65. The lowest BCUT2D eigenvalue weighted by atomic mass is 10.1. The highest BCUT2D eigenvalue weighted by Crippen LogP contribution is 2.18. The van der Waals surface area contributed by atoms with Crippen LogP contribution in [0, 0.1) is 13.8 Å². The van der Waals surface area contributed by atoms with E-state index >= 15 is 0 Å². The zero-order valence-electron chi connectivity index (χ0n) is 16.1. The van der Waals surface area contributed by atoms with Crippen LogP contribution in [0.5, 0.6) is 0 Å². The molecule has 3 rings (SSSR count). The van der Waals surface area contributed by atoms with Crippen LogP contribution >= 0.6 is 0 Å².